The van der Waals surface area contributed by atoms with Crippen molar-refractivity contribution in [3.63, 3.8) is 0 Å². The Morgan fingerprint density at radius 2 is 1.95 bits per heavy atom. The van der Waals surface area contributed by atoms with Crippen molar-refractivity contribution in [3.8, 4) is 11.5 Å². The van der Waals surface area contributed by atoms with E-state index in [1.54, 1.807) is 44.4 Å². The van der Waals surface area contributed by atoms with Crippen molar-refractivity contribution < 1.29 is 19.0 Å². The van der Waals surface area contributed by atoms with Gasteiger partial charge in [-0.1, -0.05) is 12.1 Å². The van der Waals surface area contributed by atoms with Crippen LogP contribution in [0, 0.1) is 5.82 Å². The van der Waals surface area contributed by atoms with Crippen LogP contribution in [-0.2, 0) is 6.61 Å². The highest BCUT2D eigenvalue weighted by molar-refractivity contribution is 9.10. The van der Waals surface area contributed by atoms with E-state index in [9.17, 15) is 9.50 Å². The van der Waals surface area contributed by atoms with Crippen molar-refractivity contribution in [1.82, 2.24) is 0 Å². The second-order valence-corrected chi connectivity index (χ2v) is 5.48. The SMILES string of the molecule is COc1cc([C@H](C)O)ccc1OCc1ccc(F)c(Br)c1. The number of aliphatic hydroxyl groups excluding tert-OH is 1. The van der Waals surface area contributed by atoms with Crippen LogP contribution in [0.15, 0.2) is 40.9 Å². The molecule has 21 heavy (non-hydrogen) atoms. The van der Waals surface area contributed by atoms with E-state index in [0.29, 0.717) is 22.6 Å². The van der Waals surface area contributed by atoms with E-state index in [1.165, 1.54) is 6.07 Å². The average Bonchev–Trinajstić information content (AvgIpc) is 2.48. The molecule has 0 aliphatic heterocycles. The molecular formula is C16H16BrFO3. The molecule has 0 amide bonds. The molecule has 1 atom stereocenters. The molecule has 112 valence electrons. The van der Waals surface area contributed by atoms with Gasteiger partial charge in [0, 0.05) is 0 Å². The molecule has 0 saturated carbocycles. The standard InChI is InChI=1S/C16H16BrFO3/c1-10(19)12-4-6-15(16(8-12)20-2)21-9-11-3-5-14(18)13(17)7-11/h3-8,10,19H,9H2,1-2H3/t10-/m0/s1. The topological polar surface area (TPSA) is 38.7 Å². The van der Waals surface area contributed by atoms with E-state index >= 15 is 0 Å². The fourth-order valence-electron chi connectivity index (χ4n) is 1.85. The smallest absolute Gasteiger partial charge is 0.161 e. The number of rotatable bonds is 5. The molecule has 3 nitrogen and oxygen atoms in total. The lowest BCUT2D eigenvalue weighted by molar-refractivity contribution is 0.198. The molecule has 0 aromatic heterocycles. The molecule has 5 heteroatoms. The summed E-state index contributed by atoms with van der Waals surface area (Å²) in [6, 6.07) is 9.99. The molecule has 2 aromatic carbocycles. The van der Waals surface area contributed by atoms with Gasteiger partial charge in [0.1, 0.15) is 12.4 Å². The monoisotopic (exact) mass is 354 g/mol. The lowest BCUT2D eigenvalue weighted by atomic mass is 10.1. The summed E-state index contributed by atoms with van der Waals surface area (Å²) >= 11 is 3.14. The number of benzene rings is 2. The van der Waals surface area contributed by atoms with E-state index < -0.39 is 6.10 Å². The van der Waals surface area contributed by atoms with Crippen LogP contribution in [0.2, 0.25) is 0 Å². The second-order valence-electron chi connectivity index (χ2n) is 4.62. The van der Waals surface area contributed by atoms with Crippen molar-refractivity contribution in [1.29, 1.82) is 0 Å². The van der Waals surface area contributed by atoms with Gasteiger partial charge < -0.3 is 14.6 Å². The Morgan fingerprint density at radius 1 is 1.19 bits per heavy atom. The second kappa shape index (κ2) is 6.91. The zero-order valence-corrected chi connectivity index (χ0v) is 13.4. The van der Waals surface area contributed by atoms with Crippen molar-refractivity contribution in [3.05, 3.63) is 57.8 Å². The van der Waals surface area contributed by atoms with Gasteiger partial charge in [-0.15, -0.1) is 0 Å². The third-order valence-corrected chi connectivity index (χ3v) is 3.66. The molecule has 0 unspecified atom stereocenters. The Morgan fingerprint density at radius 3 is 2.57 bits per heavy atom. The third kappa shape index (κ3) is 3.95. The Bertz CT molecular complexity index is 629. The van der Waals surface area contributed by atoms with Crippen molar-refractivity contribution in [2.45, 2.75) is 19.6 Å². The average molecular weight is 355 g/mol. The zero-order valence-electron chi connectivity index (χ0n) is 11.8. The van der Waals surface area contributed by atoms with Gasteiger partial charge in [0.05, 0.1) is 17.7 Å². The van der Waals surface area contributed by atoms with E-state index in [2.05, 4.69) is 15.9 Å². The van der Waals surface area contributed by atoms with Gasteiger partial charge in [0.2, 0.25) is 0 Å². The van der Waals surface area contributed by atoms with Crippen molar-refractivity contribution >= 4 is 15.9 Å². The maximum atomic E-state index is 13.2. The zero-order chi connectivity index (χ0) is 15.4. The number of halogens is 2. The normalized spacial score (nSPS) is 12.0. The summed E-state index contributed by atoms with van der Waals surface area (Å²) in [6.45, 7) is 1.98. The Hall–Kier alpha value is -1.59. The molecule has 0 aliphatic carbocycles. The highest BCUT2D eigenvalue weighted by Crippen LogP contribution is 2.31. The van der Waals surface area contributed by atoms with Gasteiger partial charge in [-0.3, -0.25) is 0 Å². The van der Waals surface area contributed by atoms with Crippen LogP contribution >= 0.6 is 15.9 Å². The van der Waals surface area contributed by atoms with Crippen molar-refractivity contribution in [2.24, 2.45) is 0 Å². The Labute approximate surface area is 131 Å². The van der Waals surface area contributed by atoms with Gasteiger partial charge >= 0.3 is 0 Å². The fourth-order valence-corrected chi connectivity index (χ4v) is 2.28. The predicted octanol–water partition coefficient (Wildman–Crippen LogP) is 4.23. The van der Waals surface area contributed by atoms with E-state index in [-0.39, 0.29) is 5.82 Å². The molecule has 2 aromatic rings. The summed E-state index contributed by atoms with van der Waals surface area (Å²) in [4.78, 5) is 0. The van der Waals surface area contributed by atoms with E-state index in [4.69, 9.17) is 9.47 Å². The van der Waals surface area contributed by atoms with Gasteiger partial charge in [0.15, 0.2) is 11.5 Å². The number of methoxy groups -OCH3 is 1. The molecule has 0 radical (unpaired) electrons. The van der Waals surface area contributed by atoms with Crippen LogP contribution in [-0.4, -0.2) is 12.2 Å². The molecule has 0 fully saturated rings. The Balaban J connectivity index is 2.13. The van der Waals surface area contributed by atoms with Crippen LogP contribution in [0.4, 0.5) is 4.39 Å². The summed E-state index contributed by atoms with van der Waals surface area (Å²) in [6.07, 6.45) is -0.569. The van der Waals surface area contributed by atoms with Crippen LogP contribution in [0.5, 0.6) is 11.5 Å². The Kier molecular flexibility index (Phi) is 5.20. The van der Waals surface area contributed by atoms with E-state index in [1.807, 2.05) is 0 Å². The molecular weight excluding hydrogens is 339 g/mol. The summed E-state index contributed by atoms with van der Waals surface area (Å²) in [5.74, 6) is 0.814. The van der Waals surface area contributed by atoms with Crippen molar-refractivity contribution in [2.75, 3.05) is 7.11 Å². The number of hydrogen-bond acceptors (Lipinski definition) is 3. The number of aliphatic hydroxyl groups is 1. The minimum atomic E-state index is -0.569. The highest BCUT2D eigenvalue weighted by atomic mass is 79.9. The van der Waals surface area contributed by atoms with Gasteiger partial charge in [-0.05, 0) is 58.2 Å². The first-order chi connectivity index (χ1) is 10.0. The highest BCUT2D eigenvalue weighted by Gasteiger charge is 2.09. The minimum Gasteiger partial charge on any atom is -0.493 e. The first-order valence-corrected chi connectivity index (χ1v) is 7.23. The summed E-state index contributed by atoms with van der Waals surface area (Å²) < 4.78 is 24.5. The maximum absolute atomic E-state index is 13.2. The lowest BCUT2D eigenvalue weighted by Gasteiger charge is -2.13. The first kappa shape index (κ1) is 15.8. The predicted molar refractivity (Wildman–Crippen MR) is 82.1 cm³/mol. The van der Waals surface area contributed by atoms with Crippen LogP contribution in [0.3, 0.4) is 0 Å². The summed E-state index contributed by atoms with van der Waals surface area (Å²) in [5.41, 5.74) is 1.59. The largest absolute Gasteiger partial charge is 0.493 e. The van der Waals surface area contributed by atoms with E-state index in [0.717, 1.165) is 11.1 Å². The molecule has 0 heterocycles. The van der Waals surface area contributed by atoms with Crippen LogP contribution < -0.4 is 9.47 Å². The van der Waals surface area contributed by atoms with Gasteiger partial charge in [-0.2, -0.15) is 0 Å². The third-order valence-electron chi connectivity index (χ3n) is 3.05. The quantitative estimate of drug-likeness (QED) is 0.873. The van der Waals surface area contributed by atoms with Crippen LogP contribution in [0.25, 0.3) is 0 Å². The molecule has 0 saturated heterocycles. The first-order valence-electron chi connectivity index (χ1n) is 6.44. The van der Waals surface area contributed by atoms with Gasteiger partial charge in [0.25, 0.3) is 0 Å². The lowest BCUT2D eigenvalue weighted by Crippen LogP contribution is -2.00. The minimum absolute atomic E-state index is 0.295. The number of ether oxygens (including phenoxy) is 2. The molecule has 0 aliphatic rings. The molecule has 1 N–H and O–H groups in total. The molecule has 2 rings (SSSR count). The summed E-state index contributed by atoms with van der Waals surface area (Å²) in [7, 11) is 1.54. The van der Waals surface area contributed by atoms with Crippen LogP contribution in [0.1, 0.15) is 24.2 Å². The maximum Gasteiger partial charge on any atom is 0.161 e. The molecule has 0 bridgehead atoms. The number of hydrogen-bond donors (Lipinski definition) is 1. The summed E-state index contributed by atoms with van der Waals surface area (Å²) in [5, 5.41) is 9.56. The fraction of sp³-hybridized carbons (Fsp3) is 0.250. The van der Waals surface area contributed by atoms with Gasteiger partial charge in [-0.25, -0.2) is 4.39 Å². The molecule has 0 spiro atoms.